The highest BCUT2D eigenvalue weighted by atomic mass is 32.1. The zero-order valence-electron chi connectivity index (χ0n) is 17.7. The van der Waals surface area contributed by atoms with E-state index in [2.05, 4.69) is 46.1 Å². The van der Waals surface area contributed by atoms with Crippen LogP contribution in [0, 0.1) is 0 Å². The van der Waals surface area contributed by atoms with Crippen LogP contribution in [0.4, 0.5) is 0 Å². The summed E-state index contributed by atoms with van der Waals surface area (Å²) in [6.45, 7) is 2.08. The number of para-hydroxylation sites is 2. The molecule has 1 heterocycles. The highest BCUT2D eigenvalue weighted by Crippen LogP contribution is 2.40. The fourth-order valence-electron chi connectivity index (χ4n) is 3.63. The number of hydrogen-bond acceptors (Lipinski definition) is 4. The molecule has 1 atom stereocenters. The third-order valence-electron chi connectivity index (χ3n) is 5.08. The quantitative estimate of drug-likeness (QED) is 0.338. The predicted octanol–water partition coefficient (Wildman–Crippen LogP) is 3.82. The first-order valence-electron chi connectivity index (χ1n) is 9.97. The van der Waals surface area contributed by atoms with Crippen LogP contribution < -0.4 is 20.1 Å². The number of H-pyrrole nitrogens is 1. The molecule has 30 heavy (non-hydrogen) atoms. The summed E-state index contributed by atoms with van der Waals surface area (Å²) < 4.78 is 16.3. The van der Waals surface area contributed by atoms with Crippen LogP contribution in [0.1, 0.15) is 23.5 Å². The number of methoxy groups -OCH3 is 3. The minimum atomic E-state index is 0.00456. The van der Waals surface area contributed by atoms with Crippen LogP contribution in [0.2, 0.25) is 0 Å². The van der Waals surface area contributed by atoms with Gasteiger partial charge < -0.3 is 29.8 Å². The van der Waals surface area contributed by atoms with Crippen LogP contribution in [0.25, 0.3) is 10.9 Å². The second-order valence-corrected chi connectivity index (χ2v) is 7.32. The van der Waals surface area contributed by atoms with Crippen LogP contribution in [0.5, 0.6) is 11.5 Å². The van der Waals surface area contributed by atoms with Crippen molar-refractivity contribution in [3.63, 3.8) is 0 Å². The lowest BCUT2D eigenvalue weighted by Crippen LogP contribution is -2.38. The molecule has 3 aromatic rings. The Morgan fingerprint density at radius 1 is 1.00 bits per heavy atom. The Morgan fingerprint density at radius 2 is 1.83 bits per heavy atom. The molecule has 0 saturated heterocycles. The minimum absolute atomic E-state index is 0.00456. The van der Waals surface area contributed by atoms with Gasteiger partial charge in [0.15, 0.2) is 16.6 Å². The molecule has 0 aliphatic carbocycles. The summed E-state index contributed by atoms with van der Waals surface area (Å²) in [6, 6.07) is 14.3. The van der Waals surface area contributed by atoms with Crippen molar-refractivity contribution < 1.29 is 14.2 Å². The molecule has 6 nitrogen and oxygen atoms in total. The molecule has 0 amide bonds. The first-order valence-corrected chi connectivity index (χ1v) is 10.4. The second kappa shape index (κ2) is 10.8. The van der Waals surface area contributed by atoms with Gasteiger partial charge >= 0.3 is 0 Å². The molecule has 2 aromatic carbocycles. The van der Waals surface area contributed by atoms with Gasteiger partial charge in [-0.05, 0) is 36.3 Å². The SMILES string of the molecule is COCCCNC(=S)NC[C@@H](c1cccc(OC)c1OC)c1c[nH]c2ccccc12. The van der Waals surface area contributed by atoms with Crippen molar-refractivity contribution in [2.45, 2.75) is 12.3 Å². The van der Waals surface area contributed by atoms with Gasteiger partial charge in [-0.25, -0.2) is 0 Å². The molecule has 3 rings (SSSR count). The van der Waals surface area contributed by atoms with E-state index in [1.165, 1.54) is 10.9 Å². The number of rotatable bonds is 10. The Labute approximate surface area is 182 Å². The van der Waals surface area contributed by atoms with Gasteiger partial charge in [-0.2, -0.15) is 0 Å². The van der Waals surface area contributed by atoms with E-state index in [4.69, 9.17) is 26.4 Å². The van der Waals surface area contributed by atoms with Crippen LogP contribution in [-0.2, 0) is 4.74 Å². The van der Waals surface area contributed by atoms with Gasteiger partial charge in [-0.15, -0.1) is 0 Å². The molecule has 0 fully saturated rings. The lowest BCUT2D eigenvalue weighted by atomic mass is 9.90. The Bertz CT molecular complexity index is 973. The molecule has 0 bridgehead atoms. The van der Waals surface area contributed by atoms with Gasteiger partial charge in [0.25, 0.3) is 0 Å². The molecule has 0 spiro atoms. The third kappa shape index (κ3) is 5.04. The van der Waals surface area contributed by atoms with Crippen molar-refractivity contribution in [3.05, 3.63) is 59.8 Å². The van der Waals surface area contributed by atoms with Gasteiger partial charge in [0.1, 0.15) is 0 Å². The van der Waals surface area contributed by atoms with E-state index in [1.807, 2.05) is 18.2 Å². The highest BCUT2D eigenvalue weighted by molar-refractivity contribution is 7.80. The van der Waals surface area contributed by atoms with Crippen molar-refractivity contribution in [2.24, 2.45) is 0 Å². The first kappa shape index (κ1) is 21.9. The van der Waals surface area contributed by atoms with E-state index in [1.54, 1.807) is 21.3 Å². The summed E-state index contributed by atoms with van der Waals surface area (Å²) in [5.41, 5.74) is 3.31. The maximum Gasteiger partial charge on any atom is 0.166 e. The molecule has 0 radical (unpaired) electrons. The summed E-state index contributed by atoms with van der Waals surface area (Å²) in [5.74, 6) is 1.45. The third-order valence-corrected chi connectivity index (χ3v) is 5.37. The average molecular weight is 428 g/mol. The summed E-state index contributed by atoms with van der Waals surface area (Å²) in [6.07, 6.45) is 2.96. The fourth-order valence-corrected chi connectivity index (χ4v) is 3.82. The van der Waals surface area contributed by atoms with Gasteiger partial charge in [-0.3, -0.25) is 0 Å². The van der Waals surface area contributed by atoms with Crippen molar-refractivity contribution in [1.82, 2.24) is 15.6 Å². The van der Waals surface area contributed by atoms with E-state index in [0.29, 0.717) is 24.0 Å². The zero-order valence-corrected chi connectivity index (χ0v) is 18.5. The van der Waals surface area contributed by atoms with Crippen LogP contribution in [0.3, 0.4) is 0 Å². The summed E-state index contributed by atoms with van der Waals surface area (Å²) >= 11 is 5.48. The van der Waals surface area contributed by atoms with E-state index >= 15 is 0 Å². The van der Waals surface area contributed by atoms with Gasteiger partial charge in [0.2, 0.25) is 0 Å². The number of aromatic amines is 1. The van der Waals surface area contributed by atoms with Gasteiger partial charge in [-0.1, -0.05) is 30.3 Å². The smallest absolute Gasteiger partial charge is 0.166 e. The van der Waals surface area contributed by atoms with Crippen molar-refractivity contribution in [1.29, 1.82) is 0 Å². The van der Waals surface area contributed by atoms with E-state index < -0.39 is 0 Å². The standard InChI is InChI=1S/C23H29N3O3S/c1-27-13-7-12-24-23(30)26-15-19(17-9-6-11-21(28-2)22(17)29-3)18-14-25-20-10-5-4-8-16(18)20/h4-6,8-11,14,19,25H,7,12-13,15H2,1-3H3,(H2,24,26,30)/t19-/m0/s1. The molecule has 3 N–H and O–H groups in total. The first-order chi connectivity index (χ1) is 14.7. The van der Waals surface area contributed by atoms with E-state index in [-0.39, 0.29) is 5.92 Å². The fraction of sp³-hybridized carbons (Fsp3) is 0.348. The van der Waals surface area contributed by atoms with Crippen LogP contribution in [0.15, 0.2) is 48.7 Å². The van der Waals surface area contributed by atoms with Crippen molar-refractivity contribution >= 4 is 28.2 Å². The van der Waals surface area contributed by atoms with Crippen LogP contribution in [-0.4, -0.2) is 51.1 Å². The maximum atomic E-state index is 5.73. The van der Waals surface area contributed by atoms with Gasteiger partial charge in [0.05, 0.1) is 14.2 Å². The molecule has 7 heteroatoms. The molecular weight excluding hydrogens is 398 g/mol. The lowest BCUT2D eigenvalue weighted by molar-refractivity contribution is 0.195. The van der Waals surface area contributed by atoms with E-state index in [0.717, 1.165) is 29.8 Å². The zero-order chi connectivity index (χ0) is 21.3. The van der Waals surface area contributed by atoms with Gasteiger partial charge in [0, 0.05) is 55.4 Å². The topological polar surface area (TPSA) is 67.5 Å². The number of thiocarbonyl (C=S) groups is 1. The normalized spacial score (nSPS) is 11.8. The molecule has 0 aliphatic rings. The summed E-state index contributed by atoms with van der Waals surface area (Å²) in [4.78, 5) is 3.38. The predicted molar refractivity (Wildman–Crippen MR) is 125 cm³/mol. The summed E-state index contributed by atoms with van der Waals surface area (Å²) in [7, 11) is 5.02. The Balaban J connectivity index is 1.90. The average Bonchev–Trinajstić information content (AvgIpc) is 3.20. The molecule has 1 aromatic heterocycles. The minimum Gasteiger partial charge on any atom is -0.493 e. The van der Waals surface area contributed by atoms with Crippen molar-refractivity contribution in [3.8, 4) is 11.5 Å². The maximum absolute atomic E-state index is 5.73. The molecule has 0 aliphatic heterocycles. The number of nitrogens with one attached hydrogen (secondary N) is 3. The van der Waals surface area contributed by atoms with Crippen LogP contribution >= 0.6 is 12.2 Å². The number of hydrogen-bond donors (Lipinski definition) is 3. The monoisotopic (exact) mass is 427 g/mol. The number of aromatic nitrogens is 1. The lowest BCUT2D eigenvalue weighted by Gasteiger charge is -2.22. The number of benzene rings is 2. The Morgan fingerprint density at radius 3 is 2.60 bits per heavy atom. The Hall–Kier alpha value is -2.77. The Kier molecular flexibility index (Phi) is 7.93. The van der Waals surface area contributed by atoms with E-state index in [9.17, 15) is 0 Å². The van der Waals surface area contributed by atoms with Crippen molar-refractivity contribution in [2.75, 3.05) is 41.0 Å². The second-order valence-electron chi connectivity index (χ2n) is 6.91. The largest absolute Gasteiger partial charge is 0.493 e. The molecule has 0 saturated carbocycles. The highest BCUT2D eigenvalue weighted by Gasteiger charge is 2.23. The molecule has 160 valence electrons. The number of ether oxygens (including phenoxy) is 3. The molecule has 0 unspecified atom stereocenters. The molecular formula is C23H29N3O3S. The number of fused-ring (bicyclic) bond motifs is 1. The summed E-state index contributed by atoms with van der Waals surface area (Å²) in [5, 5.41) is 8.40.